The molecule has 2 N–H and O–H groups in total. The maximum absolute atomic E-state index is 10.8. The van der Waals surface area contributed by atoms with E-state index in [1.165, 1.54) is 12.1 Å². The van der Waals surface area contributed by atoms with Gasteiger partial charge >= 0.3 is 0 Å². The van der Waals surface area contributed by atoms with Gasteiger partial charge in [-0.15, -0.1) is 0 Å². The Balaban J connectivity index is 2.08. The van der Waals surface area contributed by atoms with E-state index in [9.17, 15) is 10.1 Å². The molecule has 2 rings (SSSR count). The molecule has 29 heavy (non-hydrogen) atoms. The molecule has 8 nitrogen and oxygen atoms in total. The molecular formula is C21H26N4O4. The number of nitrogens with one attached hydrogen (secondary N) is 2. The van der Waals surface area contributed by atoms with Gasteiger partial charge in [0.05, 0.1) is 25.7 Å². The van der Waals surface area contributed by atoms with Crippen LogP contribution in [0.4, 0.5) is 5.69 Å². The van der Waals surface area contributed by atoms with Gasteiger partial charge in [-0.3, -0.25) is 10.1 Å². The number of guanidine groups is 1. The van der Waals surface area contributed by atoms with Crippen molar-refractivity contribution in [2.24, 2.45) is 4.99 Å². The van der Waals surface area contributed by atoms with Gasteiger partial charge < -0.3 is 20.1 Å². The number of rotatable bonds is 9. The first kappa shape index (κ1) is 21.7. The zero-order chi connectivity index (χ0) is 21.2. The number of nitrogens with zero attached hydrogens (tertiary/aromatic N) is 2. The fraction of sp³-hybridized carbons (Fsp3) is 0.286. The highest BCUT2D eigenvalue weighted by molar-refractivity contribution is 5.80. The summed E-state index contributed by atoms with van der Waals surface area (Å²) in [5.74, 6) is 1.92. The van der Waals surface area contributed by atoms with Gasteiger partial charge in [-0.2, -0.15) is 0 Å². The van der Waals surface area contributed by atoms with Crippen LogP contribution in [0.5, 0.6) is 11.5 Å². The van der Waals surface area contributed by atoms with E-state index in [1.54, 1.807) is 26.4 Å². The van der Waals surface area contributed by atoms with E-state index in [4.69, 9.17) is 9.47 Å². The molecule has 8 heteroatoms. The van der Waals surface area contributed by atoms with Crippen molar-refractivity contribution in [2.45, 2.75) is 20.0 Å². The molecule has 0 atom stereocenters. The van der Waals surface area contributed by atoms with E-state index in [0.29, 0.717) is 37.1 Å². The van der Waals surface area contributed by atoms with Crippen LogP contribution >= 0.6 is 0 Å². The Morgan fingerprint density at radius 2 is 1.72 bits per heavy atom. The molecule has 2 aromatic carbocycles. The molecular weight excluding hydrogens is 372 g/mol. The number of ether oxygens (including phenoxy) is 2. The number of benzene rings is 2. The number of nitro benzene ring substituents is 1. The topological polar surface area (TPSA) is 98.0 Å². The predicted molar refractivity (Wildman–Crippen MR) is 113 cm³/mol. The predicted octanol–water partition coefficient (Wildman–Crippen LogP) is 3.42. The second-order valence-corrected chi connectivity index (χ2v) is 6.44. The lowest BCUT2D eigenvalue weighted by molar-refractivity contribution is -0.384. The molecule has 0 heterocycles. The van der Waals surface area contributed by atoms with Crippen molar-refractivity contribution in [1.82, 2.24) is 10.6 Å². The summed E-state index contributed by atoms with van der Waals surface area (Å²) in [7, 11) is 3.19. The van der Waals surface area contributed by atoms with Gasteiger partial charge in [0.25, 0.3) is 5.69 Å². The molecule has 0 aliphatic rings. The zero-order valence-electron chi connectivity index (χ0n) is 16.9. The largest absolute Gasteiger partial charge is 0.493 e. The van der Waals surface area contributed by atoms with Crippen LogP contribution in [-0.2, 0) is 13.1 Å². The summed E-state index contributed by atoms with van der Waals surface area (Å²) in [5.41, 5.74) is 2.92. The third kappa shape index (κ3) is 6.84. The highest BCUT2D eigenvalue weighted by atomic mass is 16.6. The first-order valence-corrected chi connectivity index (χ1v) is 9.03. The minimum Gasteiger partial charge on any atom is -0.493 e. The van der Waals surface area contributed by atoms with Crippen molar-refractivity contribution in [1.29, 1.82) is 0 Å². The lowest BCUT2D eigenvalue weighted by Gasteiger charge is -2.13. The van der Waals surface area contributed by atoms with Crippen molar-refractivity contribution in [3.63, 3.8) is 0 Å². The first-order valence-electron chi connectivity index (χ1n) is 9.03. The Morgan fingerprint density at radius 3 is 2.31 bits per heavy atom. The lowest BCUT2D eigenvalue weighted by Crippen LogP contribution is -2.37. The number of hydrogen-bond donors (Lipinski definition) is 2. The van der Waals surface area contributed by atoms with E-state index in [1.807, 2.05) is 25.1 Å². The Kier molecular flexibility index (Phi) is 8.02. The molecule has 0 unspecified atom stereocenters. The van der Waals surface area contributed by atoms with Gasteiger partial charge in [-0.1, -0.05) is 30.4 Å². The van der Waals surface area contributed by atoms with Crippen molar-refractivity contribution < 1.29 is 14.4 Å². The molecule has 0 bridgehead atoms. The summed E-state index contributed by atoms with van der Waals surface area (Å²) >= 11 is 0. The molecule has 0 aliphatic heterocycles. The summed E-state index contributed by atoms with van der Waals surface area (Å²) in [6.45, 7) is 7.31. The quantitative estimate of drug-likeness (QED) is 0.221. The van der Waals surface area contributed by atoms with Crippen molar-refractivity contribution in [3.05, 3.63) is 75.9 Å². The fourth-order valence-electron chi connectivity index (χ4n) is 2.48. The van der Waals surface area contributed by atoms with Crippen LogP contribution in [0.25, 0.3) is 0 Å². The molecule has 0 aromatic heterocycles. The van der Waals surface area contributed by atoms with E-state index in [0.717, 1.165) is 16.7 Å². The highest BCUT2D eigenvalue weighted by Crippen LogP contribution is 2.27. The molecule has 0 aliphatic carbocycles. The SMILES string of the molecule is C=C(C)CNC(=NCc1ccc(OC)c(OC)c1)NCc1ccc([N+](=O)[O-])cc1. The summed E-state index contributed by atoms with van der Waals surface area (Å²) < 4.78 is 10.6. The van der Waals surface area contributed by atoms with Gasteiger partial charge in [0.15, 0.2) is 17.5 Å². The van der Waals surface area contributed by atoms with Gasteiger partial charge in [0.1, 0.15) is 0 Å². The smallest absolute Gasteiger partial charge is 0.269 e. The average molecular weight is 398 g/mol. The molecule has 154 valence electrons. The second-order valence-electron chi connectivity index (χ2n) is 6.44. The third-order valence-corrected chi connectivity index (χ3v) is 4.03. The Morgan fingerprint density at radius 1 is 1.07 bits per heavy atom. The van der Waals surface area contributed by atoms with E-state index in [-0.39, 0.29) is 5.69 Å². The van der Waals surface area contributed by atoms with Crippen molar-refractivity contribution in [2.75, 3.05) is 20.8 Å². The Hall–Kier alpha value is -3.55. The second kappa shape index (κ2) is 10.7. The van der Waals surface area contributed by atoms with E-state index >= 15 is 0 Å². The number of aliphatic imine (C=N–C) groups is 1. The maximum Gasteiger partial charge on any atom is 0.269 e. The standard InChI is InChI=1S/C21H26N4O4/c1-15(2)12-22-21(23-13-16-5-8-18(9-6-16)25(26)27)24-14-17-7-10-19(28-3)20(11-17)29-4/h5-11H,1,12-14H2,2-4H3,(H2,22,23,24). The monoisotopic (exact) mass is 398 g/mol. The van der Waals surface area contributed by atoms with Crippen LogP contribution in [0.3, 0.4) is 0 Å². The Labute approximate surface area is 170 Å². The van der Waals surface area contributed by atoms with E-state index in [2.05, 4.69) is 22.2 Å². The van der Waals surface area contributed by atoms with Gasteiger partial charge in [0, 0.05) is 25.2 Å². The maximum atomic E-state index is 10.8. The molecule has 0 saturated carbocycles. The van der Waals surface area contributed by atoms with Crippen LogP contribution in [-0.4, -0.2) is 31.6 Å². The molecule has 2 aromatic rings. The number of nitro groups is 1. The van der Waals surface area contributed by atoms with Crippen LogP contribution in [0.1, 0.15) is 18.1 Å². The van der Waals surface area contributed by atoms with Crippen molar-refractivity contribution >= 4 is 11.6 Å². The van der Waals surface area contributed by atoms with E-state index < -0.39 is 4.92 Å². The first-order chi connectivity index (χ1) is 13.9. The molecule has 0 amide bonds. The minimum atomic E-state index is -0.415. The third-order valence-electron chi connectivity index (χ3n) is 4.03. The highest BCUT2D eigenvalue weighted by Gasteiger charge is 2.06. The van der Waals surface area contributed by atoms with Crippen LogP contribution < -0.4 is 20.1 Å². The molecule has 0 radical (unpaired) electrons. The number of hydrogen-bond acceptors (Lipinski definition) is 5. The van der Waals surface area contributed by atoms with Crippen LogP contribution in [0.2, 0.25) is 0 Å². The zero-order valence-corrected chi connectivity index (χ0v) is 16.9. The Bertz CT molecular complexity index is 879. The van der Waals surface area contributed by atoms with Crippen molar-refractivity contribution in [3.8, 4) is 11.5 Å². The summed E-state index contributed by atoms with van der Waals surface area (Å²) in [5, 5.41) is 17.2. The number of methoxy groups -OCH3 is 2. The molecule has 0 saturated heterocycles. The number of non-ortho nitro benzene ring substituents is 1. The summed E-state index contributed by atoms with van der Waals surface area (Å²) in [6.07, 6.45) is 0. The minimum absolute atomic E-state index is 0.0662. The summed E-state index contributed by atoms with van der Waals surface area (Å²) in [4.78, 5) is 15.0. The van der Waals surface area contributed by atoms with Crippen LogP contribution in [0, 0.1) is 10.1 Å². The lowest BCUT2D eigenvalue weighted by atomic mass is 10.2. The fourth-order valence-corrected chi connectivity index (χ4v) is 2.48. The van der Waals surface area contributed by atoms with Gasteiger partial charge in [-0.05, 0) is 30.2 Å². The van der Waals surface area contributed by atoms with Gasteiger partial charge in [0.2, 0.25) is 0 Å². The average Bonchev–Trinajstić information content (AvgIpc) is 2.73. The molecule has 0 fully saturated rings. The van der Waals surface area contributed by atoms with Crippen LogP contribution in [0.15, 0.2) is 59.6 Å². The summed E-state index contributed by atoms with van der Waals surface area (Å²) in [6, 6.07) is 12.1. The van der Waals surface area contributed by atoms with Gasteiger partial charge in [-0.25, -0.2) is 4.99 Å². The normalized spacial score (nSPS) is 10.9. The molecule has 0 spiro atoms.